The van der Waals surface area contributed by atoms with Crippen molar-refractivity contribution in [1.29, 1.82) is 0 Å². The molecule has 21 heavy (non-hydrogen) atoms. The first-order valence-corrected chi connectivity index (χ1v) is 7.97. The van der Waals surface area contributed by atoms with Gasteiger partial charge in [0.1, 0.15) is 5.69 Å². The third-order valence-electron chi connectivity index (χ3n) is 3.57. The largest absolute Gasteiger partial charge is 0.393 e. The third-order valence-corrected chi connectivity index (χ3v) is 4.99. The molecule has 0 spiro atoms. The fourth-order valence-electron chi connectivity index (χ4n) is 1.47. The van der Waals surface area contributed by atoms with Crippen molar-refractivity contribution in [3.05, 3.63) is 28.3 Å². The molecule has 1 atom stereocenters. The van der Waals surface area contributed by atoms with Crippen molar-refractivity contribution in [2.24, 2.45) is 11.3 Å². The Morgan fingerprint density at radius 1 is 1.38 bits per heavy atom. The molecular weight excluding hydrogens is 294 g/mol. The Labute approximate surface area is 124 Å². The summed E-state index contributed by atoms with van der Waals surface area (Å²) in [5.41, 5.74) is 4.93. The second-order valence-electron chi connectivity index (χ2n) is 6.10. The number of nitro benzene ring substituents is 1. The van der Waals surface area contributed by atoms with Crippen LogP contribution in [0.25, 0.3) is 0 Å². The molecule has 0 aliphatic heterocycles. The molecule has 118 valence electrons. The number of benzene rings is 1. The van der Waals surface area contributed by atoms with Crippen molar-refractivity contribution in [2.75, 3.05) is 12.3 Å². The normalized spacial score (nSPS) is 13.9. The van der Waals surface area contributed by atoms with Gasteiger partial charge in [-0.3, -0.25) is 10.1 Å². The topological polar surface area (TPSA) is 115 Å². The van der Waals surface area contributed by atoms with Gasteiger partial charge in [0.25, 0.3) is 5.69 Å². The predicted molar refractivity (Wildman–Crippen MR) is 81.3 cm³/mol. The Balaban J connectivity index is 2.99. The van der Waals surface area contributed by atoms with Gasteiger partial charge in [0.2, 0.25) is 10.0 Å². The summed E-state index contributed by atoms with van der Waals surface area (Å²) in [5.74, 6) is 0.107. The summed E-state index contributed by atoms with van der Waals surface area (Å²) in [7, 11) is -3.80. The number of nitrogens with two attached hydrogens (primary N) is 1. The highest BCUT2D eigenvalue weighted by Crippen LogP contribution is 2.26. The van der Waals surface area contributed by atoms with E-state index >= 15 is 0 Å². The zero-order valence-electron chi connectivity index (χ0n) is 12.6. The summed E-state index contributed by atoms with van der Waals surface area (Å²) in [6.07, 6.45) is 0. The predicted octanol–water partition coefficient (Wildman–Crippen LogP) is 2.14. The summed E-state index contributed by atoms with van der Waals surface area (Å²) in [6.45, 7) is 8.23. The van der Waals surface area contributed by atoms with Crippen molar-refractivity contribution in [3.8, 4) is 0 Å². The SMILES string of the molecule is CC(CNS(=O)(=O)c1ccc(N)c([N+](=O)[O-])c1)C(C)(C)C. The Morgan fingerprint density at radius 3 is 2.43 bits per heavy atom. The molecular formula is C13H21N3O4S. The van der Waals surface area contributed by atoms with Crippen molar-refractivity contribution >= 4 is 21.4 Å². The summed E-state index contributed by atoms with van der Waals surface area (Å²) < 4.78 is 26.8. The highest BCUT2D eigenvalue weighted by Gasteiger charge is 2.24. The van der Waals surface area contributed by atoms with Crippen LogP contribution in [0.5, 0.6) is 0 Å². The first kappa shape index (κ1) is 17.4. The number of nitrogens with one attached hydrogen (secondary N) is 1. The number of nitrogen functional groups attached to an aromatic ring is 1. The van der Waals surface area contributed by atoms with Gasteiger partial charge in [-0.05, 0) is 23.5 Å². The van der Waals surface area contributed by atoms with E-state index in [0.717, 1.165) is 6.07 Å². The van der Waals surface area contributed by atoms with Gasteiger partial charge < -0.3 is 5.73 Å². The van der Waals surface area contributed by atoms with Crippen LogP contribution in [-0.4, -0.2) is 19.9 Å². The molecule has 1 aromatic rings. The highest BCUT2D eigenvalue weighted by molar-refractivity contribution is 7.89. The van der Waals surface area contributed by atoms with E-state index in [1.165, 1.54) is 12.1 Å². The first-order chi connectivity index (χ1) is 9.45. The maximum Gasteiger partial charge on any atom is 0.293 e. The number of hydrogen-bond donors (Lipinski definition) is 2. The van der Waals surface area contributed by atoms with Gasteiger partial charge >= 0.3 is 0 Å². The zero-order valence-corrected chi connectivity index (χ0v) is 13.4. The van der Waals surface area contributed by atoms with Crippen molar-refractivity contribution in [3.63, 3.8) is 0 Å². The quantitative estimate of drug-likeness (QED) is 0.490. The molecule has 0 aliphatic rings. The van der Waals surface area contributed by atoms with E-state index in [1.54, 1.807) is 0 Å². The smallest absolute Gasteiger partial charge is 0.293 e. The second kappa shape index (κ2) is 5.98. The fraction of sp³-hybridized carbons (Fsp3) is 0.538. The molecule has 0 heterocycles. The van der Waals surface area contributed by atoms with Crippen LogP contribution in [0.15, 0.2) is 23.1 Å². The molecule has 1 rings (SSSR count). The van der Waals surface area contributed by atoms with E-state index in [4.69, 9.17) is 5.73 Å². The van der Waals surface area contributed by atoms with Gasteiger partial charge in [-0.2, -0.15) is 0 Å². The lowest BCUT2D eigenvalue weighted by Gasteiger charge is -2.27. The van der Waals surface area contributed by atoms with E-state index in [-0.39, 0.29) is 28.5 Å². The van der Waals surface area contributed by atoms with Crippen molar-refractivity contribution in [1.82, 2.24) is 4.72 Å². The van der Waals surface area contributed by atoms with E-state index < -0.39 is 20.6 Å². The van der Waals surface area contributed by atoms with Crippen LogP contribution in [0.1, 0.15) is 27.7 Å². The van der Waals surface area contributed by atoms with Crippen LogP contribution >= 0.6 is 0 Å². The van der Waals surface area contributed by atoms with Crippen LogP contribution in [0.3, 0.4) is 0 Å². The van der Waals surface area contributed by atoms with E-state index in [9.17, 15) is 18.5 Å². The highest BCUT2D eigenvalue weighted by atomic mass is 32.2. The van der Waals surface area contributed by atoms with E-state index in [1.807, 2.05) is 27.7 Å². The second-order valence-corrected chi connectivity index (χ2v) is 7.86. The van der Waals surface area contributed by atoms with Gasteiger partial charge in [-0.1, -0.05) is 27.7 Å². The van der Waals surface area contributed by atoms with Crippen LogP contribution < -0.4 is 10.5 Å². The lowest BCUT2D eigenvalue weighted by Crippen LogP contribution is -2.33. The number of sulfonamides is 1. The van der Waals surface area contributed by atoms with Crippen molar-refractivity contribution < 1.29 is 13.3 Å². The molecule has 0 saturated heterocycles. The Bertz CT molecular complexity index is 635. The molecule has 1 aromatic carbocycles. The Kier molecular flexibility index (Phi) is 4.95. The third kappa shape index (κ3) is 4.40. The average Bonchev–Trinajstić information content (AvgIpc) is 2.34. The summed E-state index contributed by atoms with van der Waals surface area (Å²) in [5, 5.41) is 10.8. The van der Waals surface area contributed by atoms with E-state index in [2.05, 4.69) is 4.72 Å². The molecule has 1 unspecified atom stereocenters. The molecule has 0 bridgehead atoms. The molecule has 0 saturated carbocycles. The molecule has 0 amide bonds. The van der Waals surface area contributed by atoms with Crippen LogP contribution in [0, 0.1) is 21.4 Å². The summed E-state index contributed by atoms with van der Waals surface area (Å²) in [6, 6.07) is 3.45. The molecule has 0 fully saturated rings. The Morgan fingerprint density at radius 2 is 1.95 bits per heavy atom. The number of nitro groups is 1. The minimum atomic E-state index is -3.80. The maximum absolute atomic E-state index is 12.2. The number of anilines is 1. The van der Waals surface area contributed by atoms with Gasteiger partial charge in [0, 0.05) is 12.6 Å². The number of hydrogen-bond acceptors (Lipinski definition) is 5. The summed E-state index contributed by atoms with van der Waals surface area (Å²) in [4.78, 5) is 9.94. The van der Waals surface area contributed by atoms with Gasteiger partial charge in [0.05, 0.1) is 9.82 Å². The monoisotopic (exact) mass is 315 g/mol. The number of nitrogens with zero attached hydrogens (tertiary/aromatic N) is 1. The molecule has 3 N–H and O–H groups in total. The van der Waals surface area contributed by atoms with Crippen molar-refractivity contribution in [2.45, 2.75) is 32.6 Å². The first-order valence-electron chi connectivity index (χ1n) is 6.48. The van der Waals surface area contributed by atoms with Gasteiger partial charge in [-0.25, -0.2) is 13.1 Å². The van der Waals surface area contributed by atoms with E-state index in [0.29, 0.717) is 0 Å². The lowest BCUT2D eigenvalue weighted by atomic mass is 9.82. The minimum absolute atomic E-state index is 0.0460. The average molecular weight is 315 g/mol. The van der Waals surface area contributed by atoms with Gasteiger partial charge in [-0.15, -0.1) is 0 Å². The minimum Gasteiger partial charge on any atom is -0.393 e. The van der Waals surface area contributed by atoms with Crippen LogP contribution in [0.4, 0.5) is 11.4 Å². The molecule has 0 radical (unpaired) electrons. The molecule has 0 aromatic heterocycles. The van der Waals surface area contributed by atoms with Crippen LogP contribution in [-0.2, 0) is 10.0 Å². The maximum atomic E-state index is 12.2. The van der Waals surface area contributed by atoms with Crippen LogP contribution in [0.2, 0.25) is 0 Å². The lowest BCUT2D eigenvalue weighted by molar-refractivity contribution is -0.384. The standard InChI is InChI=1S/C13H21N3O4S/c1-9(13(2,3)4)8-15-21(19,20)10-5-6-11(14)12(7-10)16(17)18/h5-7,9,15H,8,14H2,1-4H3. The van der Waals surface area contributed by atoms with Gasteiger partial charge in [0.15, 0.2) is 0 Å². The molecule has 0 aliphatic carbocycles. The molecule has 8 heteroatoms. The fourth-order valence-corrected chi connectivity index (χ4v) is 2.62. The summed E-state index contributed by atoms with van der Waals surface area (Å²) >= 11 is 0. The Hall–Kier alpha value is -1.67. The zero-order chi connectivity index (χ0) is 16.4. The molecule has 7 nitrogen and oxygen atoms in total. The number of rotatable bonds is 5.